The summed E-state index contributed by atoms with van der Waals surface area (Å²) in [7, 11) is 0. The molecule has 5 heteroatoms. The molecule has 1 aliphatic heterocycles. The van der Waals surface area contributed by atoms with Crippen LogP contribution in [0.5, 0.6) is 0 Å². The minimum Gasteiger partial charge on any atom is -0.357 e. The van der Waals surface area contributed by atoms with E-state index in [4.69, 9.17) is 0 Å². The van der Waals surface area contributed by atoms with E-state index in [0.29, 0.717) is 19.0 Å². The molecule has 1 heterocycles. The number of halogens is 1. The molecule has 1 aliphatic carbocycles. The molecule has 1 atom stereocenters. The second kappa shape index (κ2) is 9.18. The average molecular weight is 346 g/mol. The Balaban J connectivity index is 1.49. The van der Waals surface area contributed by atoms with Crippen molar-refractivity contribution in [3.8, 4) is 0 Å². The smallest absolute Gasteiger partial charge is 0.191 e. The Kier molecular flexibility index (Phi) is 6.68. The highest BCUT2D eigenvalue weighted by atomic mass is 19.1. The van der Waals surface area contributed by atoms with Gasteiger partial charge in [-0.2, -0.15) is 0 Å². The first-order valence-electron chi connectivity index (χ1n) is 9.78. The van der Waals surface area contributed by atoms with Crippen molar-refractivity contribution < 1.29 is 4.39 Å². The number of hydrogen-bond donors (Lipinski definition) is 2. The van der Waals surface area contributed by atoms with Crippen LogP contribution in [0, 0.1) is 5.82 Å². The lowest BCUT2D eigenvalue weighted by molar-refractivity contribution is 0.242. The van der Waals surface area contributed by atoms with Gasteiger partial charge in [0.1, 0.15) is 5.82 Å². The molecule has 2 N–H and O–H groups in total. The Hall–Kier alpha value is -1.62. The van der Waals surface area contributed by atoms with Crippen molar-refractivity contribution in [1.82, 2.24) is 15.5 Å². The number of hydrogen-bond acceptors (Lipinski definition) is 2. The van der Waals surface area contributed by atoms with Gasteiger partial charge in [0.05, 0.1) is 0 Å². The summed E-state index contributed by atoms with van der Waals surface area (Å²) in [6.07, 6.45) is 7.31. The standard InChI is InChI=1S/C20H31FN4/c1-2-22-20(23-13-11-16-7-3-6-10-19(16)21)24-17-12-14-25(15-17)18-8-4-5-9-18/h3,6-7,10,17-18H,2,4-5,8-9,11-15H2,1H3,(H2,22,23,24). The average Bonchev–Trinajstić information content (AvgIpc) is 3.28. The Bertz CT molecular complexity index is 569. The van der Waals surface area contributed by atoms with Crippen LogP contribution < -0.4 is 10.6 Å². The monoisotopic (exact) mass is 346 g/mol. The third kappa shape index (κ3) is 5.18. The van der Waals surface area contributed by atoms with Crippen LogP contribution >= 0.6 is 0 Å². The highest BCUT2D eigenvalue weighted by molar-refractivity contribution is 5.80. The van der Waals surface area contributed by atoms with Gasteiger partial charge in [-0.15, -0.1) is 0 Å². The van der Waals surface area contributed by atoms with Crippen molar-refractivity contribution in [2.24, 2.45) is 4.99 Å². The molecule has 1 aromatic rings. The zero-order valence-corrected chi connectivity index (χ0v) is 15.3. The maximum absolute atomic E-state index is 13.7. The van der Waals surface area contributed by atoms with E-state index in [-0.39, 0.29) is 5.82 Å². The summed E-state index contributed by atoms with van der Waals surface area (Å²) in [6.45, 7) is 5.81. The summed E-state index contributed by atoms with van der Waals surface area (Å²) in [4.78, 5) is 7.29. The molecule has 3 rings (SSSR count). The fraction of sp³-hybridized carbons (Fsp3) is 0.650. The zero-order chi connectivity index (χ0) is 17.5. The van der Waals surface area contributed by atoms with Gasteiger partial charge in [0.15, 0.2) is 5.96 Å². The zero-order valence-electron chi connectivity index (χ0n) is 15.3. The van der Waals surface area contributed by atoms with E-state index in [0.717, 1.165) is 30.7 Å². The van der Waals surface area contributed by atoms with Gasteiger partial charge in [-0.1, -0.05) is 31.0 Å². The van der Waals surface area contributed by atoms with E-state index >= 15 is 0 Å². The number of rotatable bonds is 6. The van der Waals surface area contributed by atoms with Crippen molar-refractivity contribution in [2.45, 2.75) is 57.5 Å². The summed E-state index contributed by atoms with van der Waals surface area (Å²) in [5.41, 5.74) is 0.732. The molecule has 1 saturated carbocycles. The summed E-state index contributed by atoms with van der Waals surface area (Å²) in [5, 5.41) is 6.90. The maximum atomic E-state index is 13.7. The molecule has 1 saturated heterocycles. The molecule has 0 amide bonds. The van der Waals surface area contributed by atoms with E-state index in [1.54, 1.807) is 6.07 Å². The van der Waals surface area contributed by atoms with Crippen LogP contribution in [-0.4, -0.2) is 49.1 Å². The van der Waals surface area contributed by atoms with Crippen molar-refractivity contribution in [3.05, 3.63) is 35.6 Å². The summed E-state index contributed by atoms with van der Waals surface area (Å²) >= 11 is 0. The van der Waals surface area contributed by atoms with Gasteiger partial charge in [0.25, 0.3) is 0 Å². The summed E-state index contributed by atoms with van der Waals surface area (Å²) in [6, 6.07) is 8.21. The number of nitrogens with zero attached hydrogens (tertiary/aromatic N) is 2. The van der Waals surface area contributed by atoms with Gasteiger partial charge in [-0.3, -0.25) is 9.89 Å². The van der Waals surface area contributed by atoms with Gasteiger partial charge >= 0.3 is 0 Å². The third-order valence-corrected chi connectivity index (χ3v) is 5.35. The molecule has 0 radical (unpaired) electrons. The maximum Gasteiger partial charge on any atom is 0.191 e. The van der Waals surface area contributed by atoms with E-state index in [1.807, 2.05) is 12.1 Å². The van der Waals surface area contributed by atoms with Crippen LogP contribution in [-0.2, 0) is 6.42 Å². The SMILES string of the molecule is CCNC(=NCCc1ccccc1F)NC1CCN(C2CCCC2)C1. The third-order valence-electron chi connectivity index (χ3n) is 5.35. The van der Waals surface area contributed by atoms with Crippen LogP contribution in [0.1, 0.15) is 44.6 Å². The first-order chi connectivity index (χ1) is 12.3. The van der Waals surface area contributed by atoms with Crippen LogP contribution in [0.2, 0.25) is 0 Å². The number of benzene rings is 1. The van der Waals surface area contributed by atoms with E-state index in [1.165, 1.54) is 44.7 Å². The predicted molar refractivity (Wildman–Crippen MR) is 101 cm³/mol. The fourth-order valence-electron chi connectivity index (χ4n) is 4.01. The topological polar surface area (TPSA) is 39.7 Å². The molecule has 25 heavy (non-hydrogen) atoms. The minimum atomic E-state index is -0.140. The molecule has 0 aromatic heterocycles. The summed E-state index contributed by atoms with van der Waals surface area (Å²) < 4.78 is 13.7. The van der Waals surface area contributed by atoms with E-state index in [2.05, 4.69) is 27.4 Å². The molecule has 0 bridgehead atoms. The second-order valence-corrected chi connectivity index (χ2v) is 7.17. The first-order valence-corrected chi connectivity index (χ1v) is 9.78. The lowest BCUT2D eigenvalue weighted by Crippen LogP contribution is -2.45. The number of nitrogens with one attached hydrogen (secondary N) is 2. The van der Waals surface area contributed by atoms with Gasteiger partial charge in [-0.25, -0.2) is 4.39 Å². The van der Waals surface area contributed by atoms with Crippen LogP contribution in [0.15, 0.2) is 29.3 Å². The second-order valence-electron chi connectivity index (χ2n) is 7.17. The molecule has 4 nitrogen and oxygen atoms in total. The van der Waals surface area contributed by atoms with Crippen molar-refractivity contribution in [3.63, 3.8) is 0 Å². The van der Waals surface area contributed by atoms with Crippen LogP contribution in [0.4, 0.5) is 4.39 Å². The number of guanidine groups is 1. The molecule has 0 spiro atoms. The lowest BCUT2D eigenvalue weighted by atomic mass is 10.1. The highest BCUT2D eigenvalue weighted by Crippen LogP contribution is 2.26. The number of aliphatic imine (C=N–C) groups is 1. The van der Waals surface area contributed by atoms with Gasteiger partial charge in [0.2, 0.25) is 0 Å². The molecule has 1 unspecified atom stereocenters. The molecular weight excluding hydrogens is 315 g/mol. The lowest BCUT2D eigenvalue weighted by Gasteiger charge is -2.24. The Morgan fingerprint density at radius 2 is 2.04 bits per heavy atom. The minimum absolute atomic E-state index is 0.140. The van der Waals surface area contributed by atoms with Gasteiger partial charge in [0, 0.05) is 38.3 Å². The largest absolute Gasteiger partial charge is 0.357 e. The Morgan fingerprint density at radius 3 is 2.80 bits per heavy atom. The van der Waals surface area contributed by atoms with Crippen molar-refractivity contribution >= 4 is 5.96 Å². The summed E-state index contributed by atoms with van der Waals surface area (Å²) in [5.74, 6) is 0.718. The van der Waals surface area contributed by atoms with Crippen molar-refractivity contribution in [1.29, 1.82) is 0 Å². The van der Waals surface area contributed by atoms with E-state index in [9.17, 15) is 4.39 Å². The fourth-order valence-corrected chi connectivity index (χ4v) is 4.01. The highest BCUT2D eigenvalue weighted by Gasteiger charge is 2.30. The molecular formula is C20H31FN4. The quantitative estimate of drug-likeness (QED) is 0.614. The van der Waals surface area contributed by atoms with E-state index < -0.39 is 0 Å². The predicted octanol–water partition coefficient (Wildman–Crippen LogP) is 2.94. The van der Waals surface area contributed by atoms with Crippen LogP contribution in [0.3, 0.4) is 0 Å². The Morgan fingerprint density at radius 1 is 1.24 bits per heavy atom. The molecule has 1 aromatic carbocycles. The van der Waals surface area contributed by atoms with Crippen molar-refractivity contribution in [2.75, 3.05) is 26.2 Å². The normalized spacial score (nSPS) is 22.5. The number of likely N-dealkylation sites (tertiary alicyclic amines) is 1. The first kappa shape index (κ1) is 18.2. The molecule has 2 fully saturated rings. The molecule has 2 aliphatic rings. The Labute approximate surface area is 150 Å². The van der Waals surface area contributed by atoms with Gasteiger partial charge in [-0.05, 0) is 44.2 Å². The van der Waals surface area contributed by atoms with Gasteiger partial charge < -0.3 is 10.6 Å². The van der Waals surface area contributed by atoms with Crippen LogP contribution in [0.25, 0.3) is 0 Å². The molecule has 138 valence electrons.